The van der Waals surface area contributed by atoms with Crippen LogP contribution in [-0.2, 0) is 6.54 Å². The van der Waals surface area contributed by atoms with Gasteiger partial charge in [-0.05, 0) is 45.7 Å². The van der Waals surface area contributed by atoms with Crippen molar-refractivity contribution in [1.29, 1.82) is 0 Å². The van der Waals surface area contributed by atoms with Gasteiger partial charge in [-0.1, -0.05) is 18.2 Å². The molecule has 1 saturated heterocycles. The van der Waals surface area contributed by atoms with Crippen LogP contribution < -0.4 is 0 Å². The number of likely N-dealkylation sites (tertiary alicyclic amines) is 1. The first-order valence-electron chi connectivity index (χ1n) is 7.59. The van der Waals surface area contributed by atoms with Crippen molar-refractivity contribution < 1.29 is 0 Å². The smallest absolute Gasteiger partial charge is 0.140 e. The van der Waals surface area contributed by atoms with Gasteiger partial charge in [0.25, 0.3) is 0 Å². The maximum atomic E-state index is 4.61. The molecule has 0 spiro atoms. The van der Waals surface area contributed by atoms with E-state index in [1.165, 1.54) is 24.1 Å². The van der Waals surface area contributed by atoms with Crippen molar-refractivity contribution in [3.05, 3.63) is 42.2 Å². The second-order valence-corrected chi connectivity index (χ2v) is 6.30. The zero-order valence-electron chi connectivity index (χ0n) is 13.2. The number of nitrogens with zero attached hydrogens (tertiary/aromatic N) is 4. The lowest BCUT2D eigenvalue weighted by Crippen LogP contribution is -2.16. The van der Waals surface area contributed by atoms with Gasteiger partial charge < -0.3 is 14.4 Å². The summed E-state index contributed by atoms with van der Waals surface area (Å²) >= 11 is 0. The summed E-state index contributed by atoms with van der Waals surface area (Å²) in [6.07, 6.45) is 5.25. The Hall–Kier alpha value is -1.65. The Labute approximate surface area is 127 Å². The molecule has 21 heavy (non-hydrogen) atoms. The lowest BCUT2D eigenvalue weighted by Gasteiger charge is -2.16. The minimum Gasteiger partial charge on any atom is -0.327 e. The quantitative estimate of drug-likeness (QED) is 0.862. The summed E-state index contributed by atoms with van der Waals surface area (Å²) in [6, 6.07) is 9.28. The van der Waals surface area contributed by atoms with Crippen molar-refractivity contribution in [1.82, 2.24) is 19.4 Å². The van der Waals surface area contributed by atoms with Crippen LogP contribution in [0, 0.1) is 0 Å². The molecule has 2 aromatic rings. The van der Waals surface area contributed by atoms with Gasteiger partial charge in [-0.15, -0.1) is 0 Å². The maximum Gasteiger partial charge on any atom is 0.140 e. The summed E-state index contributed by atoms with van der Waals surface area (Å²) in [4.78, 5) is 9.18. The molecule has 0 bridgehead atoms. The van der Waals surface area contributed by atoms with Gasteiger partial charge >= 0.3 is 0 Å². The van der Waals surface area contributed by atoms with Crippen molar-refractivity contribution in [2.45, 2.75) is 19.0 Å². The summed E-state index contributed by atoms with van der Waals surface area (Å²) in [5.74, 6) is 1.09. The van der Waals surface area contributed by atoms with Crippen molar-refractivity contribution in [2.24, 2.45) is 0 Å². The molecule has 0 amide bonds. The Morgan fingerprint density at radius 1 is 1.33 bits per heavy atom. The molecule has 0 N–H and O–H groups in total. The third-order valence-corrected chi connectivity index (χ3v) is 4.11. The molecule has 4 heteroatoms. The van der Waals surface area contributed by atoms with Crippen LogP contribution in [0.2, 0.25) is 0 Å². The fourth-order valence-electron chi connectivity index (χ4n) is 3.14. The molecule has 1 aromatic heterocycles. The number of benzene rings is 1. The highest BCUT2D eigenvalue weighted by molar-refractivity contribution is 5.57. The number of hydrogen-bond donors (Lipinski definition) is 0. The third-order valence-electron chi connectivity index (χ3n) is 4.11. The molecule has 1 aliphatic rings. The van der Waals surface area contributed by atoms with Crippen LogP contribution in [0.25, 0.3) is 11.4 Å². The molecule has 1 aliphatic heterocycles. The summed E-state index contributed by atoms with van der Waals surface area (Å²) in [7, 11) is 6.39. The van der Waals surface area contributed by atoms with Gasteiger partial charge in [0.1, 0.15) is 5.82 Å². The van der Waals surface area contributed by atoms with E-state index in [2.05, 4.69) is 71.0 Å². The first kappa shape index (κ1) is 14.3. The van der Waals surface area contributed by atoms with Crippen LogP contribution >= 0.6 is 0 Å². The number of hydrogen-bond acceptors (Lipinski definition) is 3. The Morgan fingerprint density at radius 3 is 2.90 bits per heavy atom. The van der Waals surface area contributed by atoms with E-state index in [0.717, 1.165) is 18.9 Å². The molecular weight excluding hydrogens is 260 g/mol. The Bertz CT molecular complexity index is 602. The van der Waals surface area contributed by atoms with Crippen molar-refractivity contribution in [3.8, 4) is 11.4 Å². The highest BCUT2D eigenvalue weighted by Gasteiger charge is 2.23. The molecule has 1 aromatic carbocycles. The molecular formula is C17H24N4. The van der Waals surface area contributed by atoms with E-state index in [1.807, 2.05) is 6.20 Å². The molecule has 1 atom stereocenters. The monoisotopic (exact) mass is 284 g/mol. The van der Waals surface area contributed by atoms with Crippen LogP contribution in [0.1, 0.15) is 18.0 Å². The van der Waals surface area contributed by atoms with Crippen molar-refractivity contribution in [2.75, 3.05) is 34.2 Å². The predicted molar refractivity (Wildman–Crippen MR) is 86.2 cm³/mol. The second kappa shape index (κ2) is 6.00. The fraction of sp³-hybridized carbons (Fsp3) is 0.471. The molecule has 1 fully saturated rings. The zero-order valence-corrected chi connectivity index (χ0v) is 13.2. The summed E-state index contributed by atoms with van der Waals surface area (Å²) in [5, 5.41) is 0. The normalized spacial score (nSPS) is 19.5. The molecule has 2 heterocycles. The molecule has 1 unspecified atom stereocenters. The van der Waals surface area contributed by atoms with Crippen LogP contribution in [0.4, 0.5) is 0 Å². The number of aromatic nitrogens is 2. The molecule has 112 valence electrons. The van der Waals surface area contributed by atoms with Crippen LogP contribution in [0.3, 0.4) is 0 Å². The van der Waals surface area contributed by atoms with E-state index >= 15 is 0 Å². The van der Waals surface area contributed by atoms with Gasteiger partial charge in [0.05, 0.1) is 0 Å². The van der Waals surface area contributed by atoms with E-state index in [1.54, 1.807) is 0 Å². The van der Waals surface area contributed by atoms with Gasteiger partial charge in [0, 0.05) is 37.1 Å². The minimum atomic E-state index is 0.546. The average Bonchev–Trinajstić information content (AvgIpc) is 3.06. The molecule has 0 saturated carbocycles. The van der Waals surface area contributed by atoms with Gasteiger partial charge in [0.2, 0.25) is 0 Å². The van der Waals surface area contributed by atoms with Crippen LogP contribution in [0.5, 0.6) is 0 Å². The summed E-state index contributed by atoms with van der Waals surface area (Å²) < 4.78 is 2.35. The Morgan fingerprint density at radius 2 is 2.19 bits per heavy atom. The molecule has 3 rings (SSSR count). The van der Waals surface area contributed by atoms with Gasteiger partial charge in [-0.3, -0.25) is 0 Å². The first-order chi connectivity index (χ1) is 10.1. The molecule has 4 nitrogen and oxygen atoms in total. The molecule has 0 aliphatic carbocycles. The highest BCUT2D eigenvalue weighted by Crippen LogP contribution is 2.27. The maximum absolute atomic E-state index is 4.61. The van der Waals surface area contributed by atoms with Gasteiger partial charge in [0.15, 0.2) is 0 Å². The number of imidazole rings is 1. The number of rotatable bonds is 4. The van der Waals surface area contributed by atoms with Crippen LogP contribution in [0.15, 0.2) is 36.7 Å². The van der Waals surface area contributed by atoms with Crippen molar-refractivity contribution >= 4 is 0 Å². The third kappa shape index (κ3) is 3.17. The highest BCUT2D eigenvalue weighted by atomic mass is 15.2. The predicted octanol–water partition coefficient (Wildman–Crippen LogP) is 2.49. The Kier molecular flexibility index (Phi) is 4.08. The van der Waals surface area contributed by atoms with Crippen LogP contribution in [-0.4, -0.2) is 53.6 Å². The van der Waals surface area contributed by atoms with Gasteiger partial charge in [-0.25, -0.2) is 4.98 Å². The van der Waals surface area contributed by atoms with E-state index in [9.17, 15) is 0 Å². The molecule has 0 radical (unpaired) electrons. The fourth-order valence-corrected chi connectivity index (χ4v) is 3.14. The lowest BCUT2D eigenvalue weighted by molar-refractivity contribution is 0.393. The SMILES string of the molecule is CN(C)Cc1cccc(-c2nccn2C2CCN(C)C2)c1. The zero-order chi connectivity index (χ0) is 14.8. The lowest BCUT2D eigenvalue weighted by atomic mass is 10.1. The van der Waals surface area contributed by atoms with Gasteiger partial charge in [-0.2, -0.15) is 0 Å². The first-order valence-corrected chi connectivity index (χ1v) is 7.59. The summed E-state index contributed by atoms with van der Waals surface area (Å²) in [5.41, 5.74) is 2.55. The van der Waals surface area contributed by atoms with E-state index in [4.69, 9.17) is 0 Å². The number of likely N-dealkylation sites (N-methyl/N-ethyl adjacent to an activating group) is 1. The largest absolute Gasteiger partial charge is 0.327 e. The minimum absolute atomic E-state index is 0.546. The second-order valence-electron chi connectivity index (χ2n) is 6.30. The van der Waals surface area contributed by atoms with E-state index in [0.29, 0.717) is 6.04 Å². The summed E-state index contributed by atoms with van der Waals surface area (Å²) in [6.45, 7) is 3.24. The average molecular weight is 284 g/mol. The van der Waals surface area contributed by atoms with Crippen molar-refractivity contribution in [3.63, 3.8) is 0 Å². The Balaban J connectivity index is 1.89. The van der Waals surface area contributed by atoms with E-state index < -0.39 is 0 Å². The topological polar surface area (TPSA) is 24.3 Å². The standard InChI is InChI=1S/C17H24N4/c1-19(2)12-14-5-4-6-15(11-14)17-18-8-10-21(17)16-7-9-20(3)13-16/h4-6,8,10-11,16H,7,9,12-13H2,1-3H3. The van der Waals surface area contributed by atoms with E-state index in [-0.39, 0.29) is 0 Å².